The molecule has 1 N–H and O–H groups in total. The summed E-state index contributed by atoms with van der Waals surface area (Å²) in [7, 11) is 3.67. The van der Waals surface area contributed by atoms with E-state index in [1.807, 2.05) is 25.4 Å². The van der Waals surface area contributed by atoms with Crippen molar-refractivity contribution >= 4 is 6.03 Å². The predicted octanol–water partition coefficient (Wildman–Crippen LogP) is 2.38. The molecule has 0 radical (unpaired) electrons. The van der Waals surface area contributed by atoms with E-state index >= 15 is 0 Å². The summed E-state index contributed by atoms with van der Waals surface area (Å²) in [6.45, 7) is 3.18. The molecule has 3 heterocycles. The quantitative estimate of drug-likeness (QED) is 0.873. The van der Waals surface area contributed by atoms with Gasteiger partial charge in [-0.25, -0.2) is 4.79 Å². The van der Waals surface area contributed by atoms with Gasteiger partial charge in [0, 0.05) is 32.4 Å². The zero-order valence-electron chi connectivity index (χ0n) is 15.0. The molecule has 0 aliphatic carbocycles. The summed E-state index contributed by atoms with van der Waals surface area (Å²) in [5.74, 6) is 0.914. The first kappa shape index (κ1) is 17.5. The summed E-state index contributed by atoms with van der Waals surface area (Å²) in [6, 6.07) is 3.90. The van der Waals surface area contributed by atoms with Gasteiger partial charge < -0.3 is 14.6 Å². The molecule has 7 heteroatoms. The highest BCUT2D eigenvalue weighted by molar-refractivity contribution is 5.73. The van der Waals surface area contributed by atoms with Crippen LogP contribution in [0.15, 0.2) is 35.2 Å². The maximum Gasteiger partial charge on any atom is 0.317 e. The van der Waals surface area contributed by atoms with Gasteiger partial charge in [-0.1, -0.05) is 6.42 Å². The van der Waals surface area contributed by atoms with E-state index in [1.165, 1.54) is 19.3 Å². The lowest BCUT2D eigenvalue weighted by Crippen LogP contribution is -2.44. The number of amides is 2. The molecule has 1 aliphatic rings. The van der Waals surface area contributed by atoms with Crippen molar-refractivity contribution in [2.24, 2.45) is 7.05 Å². The number of nitrogens with zero attached hydrogens (tertiary/aromatic N) is 4. The predicted molar refractivity (Wildman–Crippen MR) is 94.9 cm³/mol. The van der Waals surface area contributed by atoms with Gasteiger partial charge in [-0.05, 0) is 38.1 Å². The van der Waals surface area contributed by atoms with Crippen LogP contribution in [0.5, 0.6) is 0 Å². The average Bonchev–Trinajstić information content (AvgIpc) is 3.28. The summed E-state index contributed by atoms with van der Waals surface area (Å²) in [4.78, 5) is 16.5. The van der Waals surface area contributed by atoms with E-state index in [0.717, 1.165) is 24.4 Å². The van der Waals surface area contributed by atoms with Crippen LogP contribution < -0.4 is 5.32 Å². The SMILES string of the molecule is CN(Cc1cnn(C)c1)C(=O)NC[C@H](c1ccco1)N1CCCCC1. The van der Waals surface area contributed by atoms with Gasteiger partial charge >= 0.3 is 6.03 Å². The smallest absolute Gasteiger partial charge is 0.317 e. The molecule has 0 saturated carbocycles. The molecular formula is C18H27N5O2. The van der Waals surface area contributed by atoms with Crippen molar-refractivity contribution in [3.8, 4) is 0 Å². The third kappa shape index (κ3) is 4.63. The Kier molecular flexibility index (Phi) is 5.75. The second-order valence-corrected chi connectivity index (χ2v) is 6.69. The van der Waals surface area contributed by atoms with Crippen molar-refractivity contribution in [1.82, 2.24) is 24.9 Å². The Hall–Kier alpha value is -2.28. The van der Waals surface area contributed by atoms with Gasteiger partial charge in [0.1, 0.15) is 5.76 Å². The number of aromatic nitrogens is 2. The van der Waals surface area contributed by atoms with Gasteiger partial charge in [0.2, 0.25) is 0 Å². The Morgan fingerprint density at radius 3 is 2.84 bits per heavy atom. The molecule has 2 aromatic rings. The van der Waals surface area contributed by atoms with Crippen LogP contribution in [0, 0.1) is 0 Å². The molecular weight excluding hydrogens is 318 g/mol. The van der Waals surface area contributed by atoms with Crippen LogP contribution in [0.3, 0.4) is 0 Å². The third-order valence-corrected chi connectivity index (χ3v) is 4.67. The molecule has 0 bridgehead atoms. The first-order chi connectivity index (χ1) is 12.1. The van der Waals surface area contributed by atoms with Crippen LogP contribution in [-0.4, -0.2) is 52.3 Å². The zero-order chi connectivity index (χ0) is 17.6. The number of hydrogen-bond acceptors (Lipinski definition) is 4. The standard InChI is InChI=1S/C18H27N5O2/c1-21(13-15-11-20-22(2)14-15)18(24)19-12-16(17-7-6-10-25-17)23-8-4-3-5-9-23/h6-7,10-11,14,16H,3-5,8-9,12-13H2,1-2H3,(H,19,24)/t16-/m1/s1. The Morgan fingerprint density at radius 1 is 1.40 bits per heavy atom. The first-order valence-corrected chi connectivity index (χ1v) is 8.87. The number of likely N-dealkylation sites (tertiary alicyclic amines) is 1. The lowest BCUT2D eigenvalue weighted by Gasteiger charge is -2.33. The number of hydrogen-bond donors (Lipinski definition) is 1. The van der Waals surface area contributed by atoms with E-state index in [4.69, 9.17) is 4.42 Å². The number of urea groups is 1. The maximum atomic E-state index is 12.4. The fraction of sp³-hybridized carbons (Fsp3) is 0.556. The number of aryl methyl sites for hydroxylation is 1. The molecule has 1 atom stereocenters. The molecule has 3 rings (SSSR count). The summed E-state index contributed by atoms with van der Waals surface area (Å²) in [5.41, 5.74) is 1.01. The molecule has 2 amide bonds. The minimum Gasteiger partial charge on any atom is -0.468 e. The Bertz CT molecular complexity index is 661. The highest BCUT2D eigenvalue weighted by atomic mass is 16.3. The van der Waals surface area contributed by atoms with Crippen LogP contribution in [0.1, 0.15) is 36.6 Å². The number of rotatable bonds is 6. The van der Waals surface area contributed by atoms with Crippen molar-refractivity contribution in [3.05, 3.63) is 42.1 Å². The topological polar surface area (TPSA) is 66.5 Å². The minimum atomic E-state index is -0.0857. The molecule has 0 aromatic carbocycles. The van der Waals surface area contributed by atoms with Crippen LogP contribution in [0.2, 0.25) is 0 Å². The summed E-state index contributed by atoms with van der Waals surface area (Å²) < 4.78 is 7.36. The third-order valence-electron chi connectivity index (χ3n) is 4.67. The molecule has 136 valence electrons. The van der Waals surface area contributed by atoms with E-state index in [-0.39, 0.29) is 12.1 Å². The Balaban J connectivity index is 1.57. The largest absolute Gasteiger partial charge is 0.468 e. The van der Waals surface area contributed by atoms with E-state index in [0.29, 0.717) is 13.1 Å². The lowest BCUT2D eigenvalue weighted by atomic mass is 10.1. The normalized spacial score (nSPS) is 16.6. The zero-order valence-corrected chi connectivity index (χ0v) is 15.0. The highest BCUT2D eigenvalue weighted by Crippen LogP contribution is 2.24. The molecule has 0 unspecified atom stereocenters. The molecule has 1 aliphatic heterocycles. The van der Waals surface area contributed by atoms with E-state index in [9.17, 15) is 4.79 Å². The number of nitrogens with one attached hydrogen (secondary N) is 1. The molecule has 0 spiro atoms. The van der Waals surface area contributed by atoms with Crippen molar-refractivity contribution in [1.29, 1.82) is 0 Å². The fourth-order valence-electron chi connectivity index (χ4n) is 3.34. The van der Waals surface area contributed by atoms with Crippen molar-refractivity contribution < 1.29 is 9.21 Å². The number of piperidine rings is 1. The summed E-state index contributed by atoms with van der Waals surface area (Å²) in [6.07, 6.45) is 9.08. The fourth-order valence-corrected chi connectivity index (χ4v) is 3.34. The monoisotopic (exact) mass is 345 g/mol. The number of furan rings is 1. The Morgan fingerprint density at radius 2 is 2.20 bits per heavy atom. The number of carbonyl (C=O) groups is 1. The van der Waals surface area contributed by atoms with Gasteiger partial charge in [-0.15, -0.1) is 0 Å². The maximum absolute atomic E-state index is 12.4. The van der Waals surface area contributed by atoms with E-state index in [1.54, 1.807) is 29.1 Å². The molecule has 1 saturated heterocycles. The van der Waals surface area contributed by atoms with Crippen molar-refractivity contribution in [2.75, 3.05) is 26.7 Å². The lowest BCUT2D eigenvalue weighted by molar-refractivity contribution is 0.140. The minimum absolute atomic E-state index is 0.0857. The first-order valence-electron chi connectivity index (χ1n) is 8.87. The second-order valence-electron chi connectivity index (χ2n) is 6.69. The molecule has 7 nitrogen and oxygen atoms in total. The van der Waals surface area contributed by atoms with Crippen LogP contribution in [0.25, 0.3) is 0 Å². The average molecular weight is 345 g/mol. The van der Waals surface area contributed by atoms with Gasteiger partial charge in [0.25, 0.3) is 0 Å². The van der Waals surface area contributed by atoms with Crippen molar-refractivity contribution in [3.63, 3.8) is 0 Å². The Labute approximate surface area is 148 Å². The highest BCUT2D eigenvalue weighted by Gasteiger charge is 2.25. The van der Waals surface area contributed by atoms with Crippen LogP contribution in [-0.2, 0) is 13.6 Å². The molecule has 1 fully saturated rings. The van der Waals surface area contributed by atoms with Gasteiger partial charge in [0.05, 0.1) is 25.0 Å². The van der Waals surface area contributed by atoms with Crippen LogP contribution >= 0.6 is 0 Å². The second kappa shape index (κ2) is 8.20. The van der Waals surface area contributed by atoms with Gasteiger partial charge in [0.15, 0.2) is 0 Å². The van der Waals surface area contributed by atoms with Gasteiger partial charge in [-0.3, -0.25) is 9.58 Å². The van der Waals surface area contributed by atoms with Gasteiger partial charge in [-0.2, -0.15) is 5.10 Å². The van der Waals surface area contributed by atoms with Crippen LogP contribution in [0.4, 0.5) is 4.79 Å². The van der Waals surface area contributed by atoms with E-state index < -0.39 is 0 Å². The van der Waals surface area contributed by atoms with Crippen molar-refractivity contribution in [2.45, 2.75) is 31.8 Å². The van der Waals surface area contributed by atoms with E-state index in [2.05, 4.69) is 15.3 Å². The number of carbonyl (C=O) groups excluding carboxylic acids is 1. The molecule has 2 aromatic heterocycles. The summed E-state index contributed by atoms with van der Waals surface area (Å²) in [5, 5.41) is 7.19. The summed E-state index contributed by atoms with van der Waals surface area (Å²) >= 11 is 0. The molecule has 25 heavy (non-hydrogen) atoms.